The number of carbonyl (C=O) groups excluding carboxylic acids is 1. The van der Waals surface area contributed by atoms with Gasteiger partial charge in [0.1, 0.15) is 0 Å². The van der Waals surface area contributed by atoms with Crippen LogP contribution in [-0.4, -0.2) is 53.2 Å². The Balaban J connectivity index is 1.77. The zero-order valence-electron chi connectivity index (χ0n) is 18.8. The zero-order chi connectivity index (χ0) is 22.1. The first-order valence-corrected chi connectivity index (χ1v) is 9.98. The predicted octanol–water partition coefficient (Wildman–Crippen LogP) is 3.67. The molecule has 0 aliphatic heterocycles. The third kappa shape index (κ3) is 4.25. The number of rotatable bonds is 6. The second-order valence-corrected chi connectivity index (χ2v) is 8.47. The molecular weight excluding hydrogens is 380 g/mol. The largest absolute Gasteiger partial charge is 0.493 e. The topological polar surface area (TPSA) is 69.0 Å². The Bertz CT molecular complexity index is 1070. The normalized spacial score (nSPS) is 11.6. The van der Waals surface area contributed by atoms with Gasteiger partial charge in [0.15, 0.2) is 17.1 Å². The van der Waals surface area contributed by atoms with E-state index in [9.17, 15) is 4.79 Å². The predicted molar refractivity (Wildman–Crippen MR) is 117 cm³/mol. The summed E-state index contributed by atoms with van der Waals surface area (Å²) in [6.07, 6.45) is 2.35. The van der Waals surface area contributed by atoms with Crippen molar-refractivity contribution in [2.75, 3.05) is 27.8 Å². The van der Waals surface area contributed by atoms with Gasteiger partial charge in [0, 0.05) is 31.3 Å². The first-order valence-electron chi connectivity index (χ1n) is 9.98. The van der Waals surface area contributed by atoms with E-state index >= 15 is 0 Å². The SMILES string of the molecule is COc1ccc(CCN(C)C(=O)c2cnc3cc(C(C)(C)C)nn3c2C)cc1OC. The lowest BCUT2D eigenvalue weighted by Crippen LogP contribution is -2.30. The van der Waals surface area contributed by atoms with Gasteiger partial charge in [-0.05, 0) is 31.0 Å². The second kappa shape index (κ2) is 8.34. The Morgan fingerprint density at radius 1 is 1.13 bits per heavy atom. The summed E-state index contributed by atoms with van der Waals surface area (Å²) in [5.41, 5.74) is 4.03. The van der Waals surface area contributed by atoms with Crippen LogP contribution in [0, 0.1) is 6.92 Å². The minimum absolute atomic E-state index is 0.0739. The van der Waals surface area contributed by atoms with E-state index in [0.29, 0.717) is 30.0 Å². The van der Waals surface area contributed by atoms with Crippen molar-refractivity contribution >= 4 is 11.6 Å². The molecule has 2 aromatic heterocycles. The van der Waals surface area contributed by atoms with E-state index in [0.717, 1.165) is 22.6 Å². The van der Waals surface area contributed by atoms with Crippen molar-refractivity contribution < 1.29 is 14.3 Å². The van der Waals surface area contributed by atoms with Crippen LogP contribution in [0.3, 0.4) is 0 Å². The molecule has 0 atom stereocenters. The summed E-state index contributed by atoms with van der Waals surface area (Å²) in [6.45, 7) is 8.80. The zero-order valence-corrected chi connectivity index (χ0v) is 18.8. The summed E-state index contributed by atoms with van der Waals surface area (Å²) in [5, 5.41) is 4.67. The van der Waals surface area contributed by atoms with Crippen LogP contribution in [-0.2, 0) is 11.8 Å². The summed E-state index contributed by atoms with van der Waals surface area (Å²) in [6, 6.07) is 7.77. The lowest BCUT2D eigenvalue weighted by Gasteiger charge is -2.19. The van der Waals surface area contributed by atoms with Gasteiger partial charge in [-0.3, -0.25) is 4.79 Å². The maximum atomic E-state index is 13.1. The van der Waals surface area contributed by atoms with Crippen LogP contribution in [0.25, 0.3) is 5.65 Å². The molecule has 0 fully saturated rings. The smallest absolute Gasteiger partial charge is 0.257 e. The number of aromatic nitrogens is 3. The standard InChI is InChI=1S/C23H30N4O3/c1-15-17(14-24-21-13-20(23(2,3)4)25-27(15)21)22(28)26(5)11-10-16-8-9-18(29-6)19(12-16)30-7/h8-9,12-14H,10-11H2,1-7H3. The molecule has 0 radical (unpaired) electrons. The average Bonchev–Trinajstić information content (AvgIpc) is 3.17. The van der Waals surface area contributed by atoms with Crippen LogP contribution in [0.15, 0.2) is 30.5 Å². The molecular formula is C23H30N4O3. The van der Waals surface area contributed by atoms with Crippen LogP contribution in [0.5, 0.6) is 11.5 Å². The lowest BCUT2D eigenvalue weighted by atomic mass is 9.93. The molecule has 160 valence electrons. The fourth-order valence-electron chi connectivity index (χ4n) is 3.26. The Hall–Kier alpha value is -3.09. The van der Waals surface area contributed by atoms with Gasteiger partial charge in [-0.2, -0.15) is 5.10 Å². The van der Waals surface area contributed by atoms with E-state index in [2.05, 4.69) is 30.9 Å². The third-order valence-corrected chi connectivity index (χ3v) is 5.25. The number of ether oxygens (including phenoxy) is 2. The molecule has 3 rings (SSSR count). The van der Waals surface area contributed by atoms with Crippen LogP contribution in [0.2, 0.25) is 0 Å². The van der Waals surface area contributed by atoms with Crippen LogP contribution in [0.4, 0.5) is 0 Å². The number of fused-ring (bicyclic) bond motifs is 1. The molecule has 7 nitrogen and oxygen atoms in total. The summed E-state index contributed by atoms with van der Waals surface area (Å²) in [7, 11) is 5.03. The van der Waals surface area contributed by atoms with E-state index in [1.54, 1.807) is 36.9 Å². The van der Waals surface area contributed by atoms with E-state index < -0.39 is 0 Å². The molecule has 1 amide bonds. The van der Waals surface area contributed by atoms with Crippen molar-refractivity contribution in [3.63, 3.8) is 0 Å². The number of benzene rings is 1. The van der Waals surface area contributed by atoms with Crippen LogP contribution in [0.1, 0.15) is 48.1 Å². The Kier molecular flexibility index (Phi) is 6.01. The number of hydrogen-bond donors (Lipinski definition) is 0. The highest BCUT2D eigenvalue weighted by Gasteiger charge is 2.22. The molecule has 30 heavy (non-hydrogen) atoms. The summed E-state index contributed by atoms with van der Waals surface area (Å²) in [5.74, 6) is 1.30. The molecule has 0 spiro atoms. The summed E-state index contributed by atoms with van der Waals surface area (Å²) in [4.78, 5) is 19.2. The average molecular weight is 411 g/mol. The maximum absolute atomic E-state index is 13.1. The Morgan fingerprint density at radius 3 is 2.47 bits per heavy atom. The highest BCUT2D eigenvalue weighted by Crippen LogP contribution is 2.28. The van der Waals surface area contributed by atoms with Gasteiger partial charge in [0.2, 0.25) is 0 Å². The number of hydrogen-bond acceptors (Lipinski definition) is 5. The molecule has 0 unspecified atom stereocenters. The van der Waals surface area contributed by atoms with Crippen LogP contribution < -0.4 is 9.47 Å². The summed E-state index contributed by atoms with van der Waals surface area (Å²) >= 11 is 0. The summed E-state index contributed by atoms with van der Waals surface area (Å²) < 4.78 is 12.4. The lowest BCUT2D eigenvalue weighted by molar-refractivity contribution is 0.0794. The Morgan fingerprint density at radius 2 is 1.83 bits per heavy atom. The minimum atomic E-state index is -0.0828. The second-order valence-electron chi connectivity index (χ2n) is 8.47. The fraction of sp³-hybridized carbons (Fsp3) is 0.435. The molecule has 2 heterocycles. The van der Waals surface area contributed by atoms with Gasteiger partial charge in [-0.15, -0.1) is 0 Å². The van der Waals surface area contributed by atoms with E-state index in [1.807, 2.05) is 31.2 Å². The van der Waals surface area contributed by atoms with Crippen molar-refractivity contribution in [2.45, 2.75) is 39.5 Å². The maximum Gasteiger partial charge on any atom is 0.257 e. The van der Waals surface area contributed by atoms with Gasteiger partial charge in [-0.25, -0.2) is 9.50 Å². The number of carbonyl (C=O) groups is 1. The highest BCUT2D eigenvalue weighted by molar-refractivity contribution is 5.95. The first-order chi connectivity index (χ1) is 14.2. The highest BCUT2D eigenvalue weighted by atomic mass is 16.5. The Labute approximate surface area is 177 Å². The molecule has 1 aromatic carbocycles. The van der Waals surface area contributed by atoms with Gasteiger partial charge in [0.05, 0.1) is 31.2 Å². The molecule has 0 saturated heterocycles. The van der Waals surface area contributed by atoms with Crippen molar-refractivity contribution in [3.05, 3.63) is 53.0 Å². The molecule has 0 N–H and O–H groups in total. The molecule has 0 saturated carbocycles. The number of methoxy groups -OCH3 is 2. The molecule has 3 aromatic rings. The van der Waals surface area contributed by atoms with E-state index in [4.69, 9.17) is 9.47 Å². The van der Waals surface area contributed by atoms with Crippen LogP contribution >= 0.6 is 0 Å². The van der Waals surface area contributed by atoms with Gasteiger partial charge >= 0.3 is 0 Å². The van der Waals surface area contributed by atoms with Crippen molar-refractivity contribution in [1.82, 2.24) is 19.5 Å². The van der Waals surface area contributed by atoms with Crippen molar-refractivity contribution in [2.24, 2.45) is 0 Å². The molecule has 0 aliphatic rings. The third-order valence-electron chi connectivity index (χ3n) is 5.25. The number of nitrogens with zero attached hydrogens (tertiary/aromatic N) is 4. The molecule has 0 bridgehead atoms. The van der Waals surface area contributed by atoms with E-state index in [-0.39, 0.29) is 11.3 Å². The van der Waals surface area contributed by atoms with Gasteiger partial charge in [0.25, 0.3) is 5.91 Å². The quantitative estimate of drug-likeness (QED) is 0.620. The fourth-order valence-corrected chi connectivity index (χ4v) is 3.26. The first kappa shape index (κ1) is 21.6. The number of likely N-dealkylation sites (N-methyl/N-ethyl adjacent to an activating group) is 1. The van der Waals surface area contributed by atoms with Crippen molar-refractivity contribution in [1.29, 1.82) is 0 Å². The molecule has 7 heteroatoms. The van der Waals surface area contributed by atoms with E-state index in [1.165, 1.54) is 0 Å². The van der Waals surface area contributed by atoms with Crippen molar-refractivity contribution in [3.8, 4) is 11.5 Å². The number of amides is 1. The molecule has 0 aliphatic carbocycles. The number of aryl methyl sites for hydroxylation is 1. The minimum Gasteiger partial charge on any atom is -0.493 e. The van der Waals surface area contributed by atoms with Gasteiger partial charge in [-0.1, -0.05) is 26.8 Å². The van der Waals surface area contributed by atoms with Gasteiger partial charge < -0.3 is 14.4 Å². The monoisotopic (exact) mass is 410 g/mol.